The molecule has 0 radical (unpaired) electrons. The highest BCUT2D eigenvalue weighted by atomic mass is 35.5. The van der Waals surface area contributed by atoms with Gasteiger partial charge in [0.25, 0.3) is 5.91 Å². The molecule has 1 aliphatic rings. The standard InChI is InChI=1S/C32H25Cl3N4O4/c1-17-21(31(40)36-26-8-4-6-18-5-2-3-7-22(18)26)11-14-27-29(17)37-38-39(27)28-16-20(10-13-24(28)34)43-30(32(41)42)19-9-12-23(33)25(35)15-19/h2-3,5,7,9-16,26,30H,4,6,8H2,1H3,(H,36,40)(H,41,42). The van der Waals surface area contributed by atoms with Crippen LogP contribution in [0.15, 0.2) is 72.8 Å². The molecule has 8 nitrogen and oxygen atoms in total. The van der Waals surface area contributed by atoms with Crippen molar-refractivity contribution in [3.8, 4) is 11.4 Å². The number of aryl methyl sites for hydroxylation is 2. The monoisotopic (exact) mass is 634 g/mol. The van der Waals surface area contributed by atoms with E-state index in [0.717, 1.165) is 24.8 Å². The van der Waals surface area contributed by atoms with Crippen LogP contribution in [0.5, 0.6) is 5.75 Å². The van der Waals surface area contributed by atoms with Gasteiger partial charge in [0.15, 0.2) is 0 Å². The molecule has 1 heterocycles. The quantitative estimate of drug-likeness (QED) is 0.190. The van der Waals surface area contributed by atoms with Gasteiger partial charge in [-0.2, -0.15) is 0 Å². The Bertz CT molecular complexity index is 1890. The lowest BCUT2D eigenvalue weighted by atomic mass is 9.87. The number of carbonyl (C=O) groups is 2. The summed E-state index contributed by atoms with van der Waals surface area (Å²) in [6.45, 7) is 1.83. The van der Waals surface area contributed by atoms with Gasteiger partial charge in [-0.1, -0.05) is 70.3 Å². The van der Waals surface area contributed by atoms with Gasteiger partial charge in [-0.05, 0) is 79.3 Å². The predicted molar refractivity (Wildman–Crippen MR) is 166 cm³/mol. The molecule has 1 amide bonds. The minimum Gasteiger partial charge on any atom is -0.478 e. The second kappa shape index (κ2) is 11.9. The average molecular weight is 636 g/mol. The van der Waals surface area contributed by atoms with Crippen molar-refractivity contribution in [2.75, 3.05) is 0 Å². The Balaban J connectivity index is 1.29. The number of amides is 1. The molecule has 218 valence electrons. The number of carboxylic acid groups (broad SMARTS) is 1. The van der Waals surface area contributed by atoms with Gasteiger partial charge >= 0.3 is 5.97 Å². The first-order chi connectivity index (χ1) is 20.7. The van der Waals surface area contributed by atoms with Gasteiger partial charge in [-0.15, -0.1) is 5.10 Å². The summed E-state index contributed by atoms with van der Waals surface area (Å²) < 4.78 is 7.39. The summed E-state index contributed by atoms with van der Waals surface area (Å²) in [6, 6.07) is 20.9. The molecule has 11 heteroatoms. The zero-order chi connectivity index (χ0) is 30.2. The predicted octanol–water partition coefficient (Wildman–Crippen LogP) is 7.70. The van der Waals surface area contributed by atoms with Crippen molar-refractivity contribution in [3.05, 3.63) is 116 Å². The molecule has 0 fully saturated rings. The van der Waals surface area contributed by atoms with E-state index >= 15 is 0 Å². The lowest BCUT2D eigenvalue weighted by Gasteiger charge is -2.26. The third-order valence-corrected chi connectivity index (χ3v) is 8.72. The molecule has 2 unspecified atom stereocenters. The van der Waals surface area contributed by atoms with Crippen LogP contribution in [0, 0.1) is 6.92 Å². The van der Waals surface area contributed by atoms with Gasteiger partial charge in [-0.25, -0.2) is 9.48 Å². The van der Waals surface area contributed by atoms with Crippen LogP contribution >= 0.6 is 34.8 Å². The lowest BCUT2D eigenvalue weighted by molar-refractivity contribution is -0.145. The molecule has 0 bridgehead atoms. The van der Waals surface area contributed by atoms with E-state index < -0.39 is 12.1 Å². The number of fused-ring (bicyclic) bond motifs is 2. The Morgan fingerprint density at radius 2 is 1.79 bits per heavy atom. The molecule has 1 aromatic heterocycles. The van der Waals surface area contributed by atoms with E-state index in [9.17, 15) is 14.7 Å². The minimum atomic E-state index is -1.35. The molecular weight excluding hydrogens is 611 g/mol. The number of hydrogen-bond acceptors (Lipinski definition) is 5. The number of ether oxygens (including phenoxy) is 1. The van der Waals surface area contributed by atoms with Crippen molar-refractivity contribution >= 4 is 57.7 Å². The zero-order valence-electron chi connectivity index (χ0n) is 22.9. The smallest absolute Gasteiger partial charge is 0.349 e. The Morgan fingerprint density at radius 1 is 1.00 bits per heavy atom. The number of rotatable bonds is 7. The molecule has 1 aliphatic carbocycles. The summed E-state index contributed by atoms with van der Waals surface area (Å²) in [5.41, 5.74) is 5.53. The van der Waals surface area contributed by atoms with Gasteiger partial charge in [-0.3, -0.25) is 4.79 Å². The van der Waals surface area contributed by atoms with E-state index in [2.05, 4.69) is 27.8 Å². The highest BCUT2D eigenvalue weighted by molar-refractivity contribution is 6.42. The molecule has 6 rings (SSSR count). The van der Waals surface area contributed by atoms with Gasteiger partial charge in [0.1, 0.15) is 11.3 Å². The highest BCUT2D eigenvalue weighted by Gasteiger charge is 2.25. The van der Waals surface area contributed by atoms with Crippen LogP contribution in [0.3, 0.4) is 0 Å². The molecule has 0 aliphatic heterocycles. The largest absolute Gasteiger partial charge is 0.478 e. The van der Waals surface area contributed by atoms with Crippen LogP contribution < -0.4 is 10.1 Å². The molecule has 43 heavy (non-hydrogen) atoms. The molecule has 0 saturated heterocycles. The number of carbonyl (C=O) groups excluding carboxylic acids is 1. The molecule has 0 spiro atoms. The van der Waals surface area contributed by atoms with Gasteiger partial charge in [0.2, 0.25) is 6.10 Å². The van der Waals surface area contributed by atoms with Crippen LogP contribution in [0.4, 0.5) is 0 Å². The van der Waals surface area contributed by atoms with Gasteiger partial charge in [0, 0.05) is 17.2 Å². The molecule has 0 saturated carbocycles. The van der Waals surface area contributed by atoms with E-state index in [4.69, 9.17) is 39.5 Å². The number of aliphatic carboxylic acids is 1. The first-order valence-corrected chi connectivity index (χ1v) is 14.7. The summed E-state index contributed by atoms with van der Waals surface area (Å²) >= 11 is 18.7. The third kappa shape index (κ3) is 5.66. The molecule has 4 aromatic carbocycles. The Kier molecular flexibility index (Phi) is 8.01. The van der Waals surface area contributed by atoms with Crippen molar-refractivity contribution < 1.29 is 19.4 Å². The fourth-order valence-corrected chi connectivity index (χ4v) is 5.99. The number of carboxylic acids is 1. The van der Waals surface area contributed by atoms with Crippen LogP contribution in [0.2, 0.25) is 15.1 Å². The normalized spacial score (nSPS) is 15.1. The number of nitrogens with zero attached hydrogens (tertiary/aromatic N) is 3. The maximum Gasteiger partial charge on any atom is 0.349 e. The number of hydrogen-bond donors (Lipinski definition) is 2. The molecule has 2 N–H and O–H groups in total. The fraction of sp³-hybridized carbons (Fsp3) is 0.188. The van der Waals surface area contributed by atoms with Crippen LogP contribution in [0.25, 0.3) is 16.7 Å². The summed E-state index contributed by atoms with van der Waals surface area (Å²) in [6.07, 6.45) is 1.55. The molecular formula is C32H25Cl3N4O4. The van der Waals surface area contributed by atoms with Crippen molar-refractivity contribution in [3.63, 3.8) is 0 Å². The van der Waals surface area contributed by atoms with Crippen LogP contribution in [0.1, 0.15) is 57.6 Å². The summed E-state index contributed by atoms with van der Waals surface area (Å²) in [4.78, 5) is 25.5. The van der Waals surface area contributed by atoms with Crippen molar-refractivity contribution in [1.29, 1.82) is 0 Å². The van der Waals surface area contributed by atoms with Gasteiger partial charge in [0.05, 0.1) is 32.3 Å². The van der Waals surface area contributed by atoms with Crippen molar-refractivity contribution in [2.24, 2.45) is 0 Å². The number of aromatic nitrogens is 3. The first-order valence-electron chi connectivity index (χ1n) is 13.6. The third-order valence-electron chi connectivity index (χ3n) is 7.66. The average Bonchev–Trinajstić information content (AvgIpc) is 3.43. The lowest BCUT2D eigenvalue weighted by Crippen LogP contribution is -2.31. The number of benzene rings is 4. The van der Waals surface area contributed by atoms with E-state index in [-0.39, 0.29) is 22.7 Å². The number of halogens is 3. The van der Waals surface area contributed by atoms with E-state index in [1.807, 2.05) is 19.1 Å². The first kappa shape index (κ1) is 29.0. The Hall–Kier alpha value is -4.11. The second-order valence-corrected chi connectivity index (χ2v) is 11.6. The SMILES string of the molecule is Cc1c(C(=O)NC2CCCc3ccccc32)ccc2c1nnn2-c1cc(OC(C(=O)O)c2ccc(Cl)c(Cl)c2)ccc1Cl. The topological polar surface area (TPSA) is 106 Å². The minimum absolute atomic E-state index is 0.0525. The fourth-order valence-electron chi connectivity index (χ4n) is 5.49. The Labute approximate surface area is 262 Å². The van der Waals surface area contributed by atoms with Gasteiger partial charge < -0.3 is 15.2 Å². The van der Waals surface area contributed by atoms with E-state index in [1.54, 1.807) is 30.3 Å². The maximum absolute atomic E-state index is 13.4. The molecule has 5 aromatic rings. The van der Waals surface area contributed by atoms with E-state index in [1.165, 1.54) is 28.4 Å². The summed E-state index contributed by atoms with van der Waals surface area (Å²) in [7, 11) is 0. The Morgan fingerprint density at radius 3 is 2.58 bits per heavy atom. The summed E-state index contributed by atoms with van der Waals surface area (Å²) in [5.74, 6) is -1.15. The van der Waals surface area contributed by atoms with Crippen molar-refractivity contribution in [1.82, 2.24) is 20.3 Å². The second-order valence-electron chi connectivity index (χ2n) is 10.3. The molecule has 2 atom stereocenters. The van der Waals surface area contributed by atoms with E-state index in [0.29, 0.717) is 43.5 Å². The highest BCUT2D eigenvalue weighted by Crippen LogP contribution is 2.34. The number of nitrogens with one attached hydrogen (secondary N) is 1. The summed E-state index contributed by atoms with van der Waals surface area (Å²) in [5, 5.41) is 22.6. The van der Waals surface area contributed by atoms with Crippen LogP contribution in [-0.2, 0) is 11.2 Å². The maximum atomic E-state index is 13.4. The van der Waals surface area contributed by atoms with Crippen LogP contribution in [-0.4, -0.2) is 32.0 Å². The van der Waals surface area contributed by atoms with Crippen molar-refractivity contribution in [2.45, 2.75) is 38.3 Å². The zero-order valence-corrected chi connectivity index (χ0v) is 25.1.